The molecule has 1 aromatic rings. The molecule has 0 radical (unpaired) electrons. The van der Waals surface area contributed by atoms with Crippen molar-refractivity contribution < 1.29 is 4.79 Å². The molecule has 1 heterocycles. The Kier molecular flexibility index (Phi) is 5.83. The Morgan fingerprint density at radius 3 is 2.53 bits per heavy atom. The van der Waals surface area contributed by atoms with Gasteiger partial charge in [0.25, 0.3) is 0 Å². The van der Waals surface area contributed by atoms with Gasteiger partial charge in [-0.15, -0.1) is 12.4 Å². The minimum atomic E-state index is -0.193. The molecule has 3 nitrogen and oxygen atoms in total. The van der Waals surface area contributed by atoms with Gasteiger partial charge in [-0.25, -0.2) is 0 Å². The summed E-state index contributed by atoms with van der Waals surface area (Å²) in [5.41, 5.74) is 7.13. The van der Waals surface area contributed by atoms with Crippen LogP contribution in [-0.4, -0.2) is 23.4 Å². The Balaban J connectivity index is 0.00000180. The fraction of sp³-hybridized carbons (Fsp3) is 0.533. The molecule has 1 aliphatic heterocycles. The summed E-state index contributed by atoms with van der Waals surface area (Å²) in [4.78, 5) is 14.2. The number of carbonyl (C=O) groups is 1. The van der Waals surface area contributed by atoms with Gasteiger partial charge in [0, 0.05) is 25.0 Å². The number of likely N-dealkylation sites (tertiary alicyclic amines) is 1. The SMILES string of the molecule is CC1CC(C)N(C(=O)CC(N)c2ccccc2)C1.Cl. The van der Waals surface area contributed by atoms with Crippen LogP contribution in [0.3, 0.4) is 0 Å². The van der Waals surface area contributed by atoms with Crippen molar-refractivity contribution in [1.82, 2.24) is 4.90 Å². The highest BCUT2D eigenvalue weighted by Crippen LogP contribution is 2.24. The second kappa shape index (κ2) is 6.92. The van der Waals surface area contributed by atoms with Gasteiger partial charge in [0.15, 0.2) is 0 Å². The highest BCUT2D eigenvalue weighted by Gasteiger charge is 2.30. The van der Waals surface area contributed by atoms with E-state index < -0.39 is 0 Å². The minimum Gasteiger partial charge on any atom is -0.340 e. The molecular formula is C15H23ClN2O. The van der Waals surface area contributed by atoms with E-state index in [2.05, 4.69) is 13.8 Å². The largest absolute Gasteiger partial charge is 0.340 e. The van der Waals surface area contributed by atoms with Crippen LogP contribution in [0.5, 0.6) is 0 Å². The molecule has 2 rings (SSSR count). The third-order valence-corrected chi connectivity index (χ3v) is 3.73. The highest BCUT2D eigenvalue weighted by molar-refractivity contribution is 5.85. The minimum absolute atomic E-state index is 0. The van der Waals surface area contributed by atoms with Crippen molar-refractivity contribution in [2.45, 2.75) is 38.8 Å². The molecule has 3 atom stereocenters. The monoisotopic (exact) mass is 282 g/mol. The first-order valence-electron chi connectivity index (χ1n) is 6.68. The Bertz CT molecular complexity index is 410. The Hall–Kier alpha value is -1.06. The zero-order valence-electron chi connectivity index (χ0n) is 11.6. The molecule has 0 bridgehead atoms. The molecular weight excluding hydrogens is 260 g/mol. The van der Waals surface area contributed by atoms with Crippen molar-refractivity contribution >= 4 is 18.3 Å². The molecule has 1 aromatic carbocycles. The third kappa shape index (κ3) is 3.95. The van der Waals surface area contributed by atoms with Crippen LogP contribution < -0.4 is 5.73 Å². The van der Waals surface area contributed by atoms with Gasteiger partial charge in [-0.3, -0.25) is 4.79 Å². The van der Waals surface area contributed by atoms with Crippen LogP contribution in [0.25, 0.3) is 0 Å². The van der Waals surface area contributed by atoms with E-state index in [-0.39, 0.29) is 24.4 Å². The number of benzene rings is 1. The van der Waals surface area contributed by atoms with Crippen LogP contribution in [-0.2, 0) is 4.79 Å². The number of rotatable bonds is 3. The second-order valence-electron chi connectivity index (χ2n) is 5.46. The molecule has 0 aliphatic carbocycles. The van der Waals surface area contributed by atoms with Gasteiger partial charge in [-0.1, -0.05) is 37.3 Å². The first kappa shape index (κ1) is 16.0. The van der Waals surface area contributed by atoms with E-state index in [4.69, 9.17) is 5.73 Å². The summed E-state index contributed by atoms with van der Waals surface area (Å²) < 4.78 is 0. The fourth-order valence-electron chi connectivity index (χ4n) is 2.77. The summed E-state index contributed by atoms with van der Waals surface area (Å²) in [6.07, 6.45) is 1.51. The van der Waals surface area contributed by atoms with E-state index in [1.807, 2.05) is 35.2 Å². The average Bonchev–Trinajstić information content (AvgIpc) is 2.69. The standard InChI is InChI=1S/C15H22N2O.ClH/c1-11-8-12(2)17(10-11)15(18)9-14(16)13-6-4-3-5-7-13;/h3-7,11-12,14H,8-10,16H2,1-2H3;1H. The Morgan fingerprint density at radius 1 is 1.37 bits per heavy atom. The van der Waals surface area contributed by atoms with E-state index in [9.17, 15) is 4.79 Å². The third-order valence-electron chi connectivity index (χ3n) is 3.73. The number of hydrogen-bond acceptors (Lipinski definition) is 2. The lowest BCUT2D eigenvalue weighted by molar-refractivity contribution is -0.132. The average molecular weight is 283 g/mol. The van der Waals surface area contributed by atoms with Crippen molar-refractivity contribution in [2.75, 3.05) is 6.54 Å². The van der Waals surface area contributed by atoms with Gasteiger partial charge in [0.1, 0.15) is 0 Å². The lowest BCUT2D eigenvalue weighted by Crippen LogP contribution is -2.35. The maximum atomic E-state index is 12.2. The van der Waals surface area contributed by atoms with Crippen LogP contribution in [0, 0.1) is 5.92 Å². The van der Waals surface area contributed by atoms with E-state index in [0.29, 0.717) is 18.4 Å². The normalized spacial score (nSPS) is 23.8. The number of halogens is 1. The second-order valence-corrected chi connectivity index (χ2v) is 5.46. The molecule has 1 amide bonds. The van der Waals surface area contributed by atoms with Gasteiger partial charge in [-0.05, 0) is 24.8 Å². The van der Waals surface area contributed by atoms with E-state index in [1.54, 1.807) is 0 Å². The zero-order chi connectivity index (χ0) is 13.1. The molecule has 4 heteroatoms. The van der Waals surface area contributed by atoms with Gasteiger partial charge in [0.05, 0.1) is 0 Å². The summed E-state index contributed by atoms with van der Waals surface area (Å²) >= 11 is 0. The van der Waals surface area contributed by atoms with Crippen molar-refractivity contribution in [3.63, 3.8) is 0 Å². The number of amides is 1. The predicted octanol–water partition coefficient (Wildman–Crippen LogP) is 2.76. The summed E-state index contributed by atoms with van der Waals surface area (Å²) in [5, 5.41) is 0. The van der Waals surface area contributed by atoms with Crippen molar-refractivity contribution in [3.8, 4) is 0 Å². The number of nitrogens with zero attached hydrogens (tertiary/aromatic N) is 1. The maximum Gasteiger partial charge on any atom is 0.224 e. The van der Waals surface area contributed by atoms with Crippen LogP contribution in [0.1, 0.15) is 38.3 Å². The van der Waals surface area contributed by atoms with Crippen LogP contribution in [0.4, 0.5) is 0 Å². The molecule has 0 aromatic heterocycles. The fourth-order valence-corrected chi connectivity index (χ4v) is 2.77. The van der Waals surface area contributed by atoms with Crippen molar-refractivity contribution in [3.05, 3.63) is 35.9 Å². The number of hydrogen-bond donors (Lipinski definition) is 1. The maximum absolute atomic E-state index is 12.2. The number of carbonyl (C=O) groups excluding carboxylic acids is 1. The highest BCUT2D eigenvalue weighted by atomic mass is 35.5. The molecule has 1 aliphatic rings. The first-order chi connectivity index (χ1) is 8.58. The van der Waals surface area contributed by atoms with Crippen molar-refractivity contribution in [1.29, 1.82) is 0 Å². The molecule has 2 N–H and O–H groups in total. The molecule has 0 spiro atoms. The topological polar surface area (TPSA) is 46.3 Å². The van der Waals surface area contributed by atoms with Gasteiger partial charge >= 0.3 is 0 Å². The zero-order valence-corrected chi connectivity index (χ0v) is 12.4. The first-order valence-corrected chi connectivity index (χ1v) is 6.68. The van der Waals surface area contributed by atoms with E-state index in [1.165, 1.54) is 0 Å². The number of nitrogens with two attached hydrogens (primary N) is 1. The Morgan fingerprint density at radius 2 is 2.00 bits per heavy atom. The summed E-state index contributed by atoms with van der Waals surface area (Å²) in [6, 6.07) is 10.0. The van der Waals surface area contributed by atoms with E-state index >= 15 is 0 Å². The van der Waals surface area contributed by atoms with Crippen LogP contribution in [0.2, 0.25) is 0 Å². The predicted molar refractivity (Wildman–Crippen MR) is 80.2 cm³/mol. The molecule has 19 heavy (non-hydrogen) atoms. The lowest BCUT2D eigenvalue weighted by atomic mass is 10.0. The molecule has 0 saturated carbocycles. The molecule has 106 valence electrons. The van der Waals surface area contributed by atoms with Gasteiger partial charge < -0.3 is 10.6 Å². The smallest absolute Gasteiger partial charge is 0.224 e. The Labute approximate surface area is 121 Å². The van der Waals surface area contributed by atoms with Crippen molar-refractivity contribution in [2.24, 2.45) is 11.7 Å². The molecule has 1 saturated heterocycles. The van der Waals surface area contributed by atoms with Crippen LogP contribution >= 0.6 is 12.4 Å². The van der Waals surface area contributed by atoms with Gasteiger partial charge in [-0.2, -0.15) is 0 Å². The quantitative estimate of drug-likeness (QED) is 0.927. The summed E-state index contributed by atoms with van der Waals surface area (Å²) in [5.74, 6) is 0.792. The lowest BCUT2D eigenvalue weighted by Gasteiger charge is -2.23. The summed E-state index contributed by atoms with van der Waals surface area (Å²) in [6.45, 7) is 5.19. The summed E-state index contributed by atoms with van der Waals surface area (Å²) in [7, 11) is 0. The van der Waals surface area contributed by atoms with E-state index in [0.717, 1.165) is 18.5 Å². The van der Waals surface area contributed by atoms with Gasteiger partial charge in [0.2, 0.25) is 5.91 Å². The molecule has 3 unspecified atom stereocenters. The molecule has 1 fully saturated rings. The van der Waals surface area contributed by atoms with Crippen LogP contribution in [0.15, 0.2) is 30.3 Å².